The average Bonchev–Trinajstić information content (AvgIpc) is 3.36. The fourth-order valence-corrected chi connectivity index (χ4v) is 3.91. The van der Waals surface area contributed by atoms with Crippen molar-refractivity contribution < 1.29 is 9.47 Å². The predicted molar refractivity (Wildman–Crippen MR) is 117 cm³/mol. The first-order valence-electron chi connectivity index (χ1n) is 9.79. The maximum absolute atomic E-state index is 6.25. The van der Waals surface area contributed by atoms with Crippen LogP contribution in [0.25, 0.3) is 17.1 Å². The molecule has 0 radical (unpaired) electrons. The molecule has 0 amide bonds. The highest BCUT2D eigenvalue weighted by Crippen LogP contribution is 2.29. The number of fused-ring (bicyclic) bond motifs is 2. The third kappa shape index (κ3) is 3.66. The Hall–Kier alpha value is -3.25. The van der Waals surface area contributed by atoms with Crippen molar-refractivity contribution in [3.8, 4) is 11.5 Å². The SMILES string of the molecule is COc1cc(Cc2c[nH]c3c2=CC(Cl)CN=3)ccc1OCc1nc2ccccc2[nH]1. The van der Waals surface area contributed by atoms with Gasteiger partial charge in [-0.3, -0.25) is 4.99 Å². The van der Waals surface area contributed by atoms with Gasteiger partial charge in [0.15, 0.2) is 11.5 Å². The fourth-order valence-electron chi connectivity index (χ4n) is 3.72. The number of H-pyrrole nitrogens is 2. The first-order valence-corrected chi connectivity index (χ1v) is 10.2. The van der Waals surface area contributed by atoms with Crippen LogP contribution in [0.4, 0.5) is 0 Å². The van der Waals surface area contributed by atoms with E-state index in [1.165, 1.54) is 0 Å². The molecule has 0 saturated heterocycles. The molecule has 7 heteroatoms. The van der Waals surface area contributed by atoms with Crippen molar-refractivity contribution >= 4 is 28.7 Å². The zero-order chi connectivity index (χ0) is 20.5. The van der Waals surface area contributed by atoms with Gasteiger partial charge in [-0.1, -0.05) is 24.3 Å². The van der Waals surface area contributed by atoms with E-state index in [2.05, 4.69) is 26.0 Å². The third-order valence-corrected chi connectivity index (χ3v) is 5.44. The normalized spacial score (nSPS) is 15.3. The van der Waals surface area contributed by atoms with Crippen molar-refractivity contribution in [1.82, 2.24) is 15.0 Å². The van der Waals surface area contributed by atoms with Gasteiger partial charge in [-0.15, -0.1) is 11.6 Å². The Kier molecular flexibility index (Phi) is 4.93. The molecule has 0 fully saturated rings. The van der Waals surface area contributed by atoms with Gasteiger partial charge in [0, 0.05) is 11.4 Å². The summed E-state index contributed by atoms with van der Waals surface area (Å²) in [4.78, 5) is 15.5. The zero-order valence-corrected chi connectivity index (χ0v) is 17.2. The van der Waals surface area contributed by atoms with E-state index < -0.39 is 0 Å². The van der Waals surface area contributed by atoms with Crippen molar-refractivity contribution in [1.29, 1.82) is 0 Å². The number of hydrogen-bond acceptors (Lipinski definition) is 4. The Balaban J connectivity index is 1.35. The summed E-state index contributed by atoms with van der Waals surface area (Å²) < 4.78 is 11.5. The minimum absolute atomic E-state index is 0.0596. The summed E-state index contributed by atoms with van der Waals surface area (Å²) in [6.07, 6.45) is 4.82. The summed E-state index contributed by atoms with van der Waals surface area (Å²) in [5, 5.41) is 1.03. The van der Waals surface area contributed by atoms with Gasteiger partial charge in [0.1, 0.15) is 17.9 Å². The number of hydrogen-bond donors (Lipinski definition) is 2. The van der Waals surface area contributed by atoms with Gasteiger partial charge in [0.25, 0.3) is 0 Å². The molecule has 0 spiro atoms. The molecule has 1 atom stereocenters. The summed E-state index contributed by atoms with van der Waals surface area (Å²) in [7, 11) is 1.65. The Bertz CT molecular complexity index is 1290. The minimum Gasteiger partial charge on any atom is -0.493 e. The second kappa shape index (κ2) is 7.88. The number of methoxy groups -OCH3 is 1. The van der Waals surface area contributed by atoms with Crippen LogP contribution in [0.1, 0.15) is 17.0 Å². The number of alkyl halides is 1. The number of aromatic amines is 2. The molecule has 2 aromatic heterocycles. The lowest BCUT2D eigenvalue weighted by atomic mass is 10.0. The van der Waals surface area contributed by atoms with Gasteiger partial charge in [0.05, 0.1) is 30.1 Å². The number of halogens is 1. The Morgan fingerprint density at radius 2 is 2.07 bits per heavy atom. The van der Waals surface area contributed by atoms with Crippen LogP contribution in [0, 0.1) is 0 Å². The van der Waals surface area contributed by atoms with E-state index in [1.54, 1.807) is 7.11 Å². The molecule has 1 aliphatic rings. The van der Waals surface area contributed by atoms with Crippen LogP contribution < -0.4 is 20.2 Å². The van der Waals surface area contributed by atoms with Crippen molar-refractivity contribution in [2.75, 3.05) is 13.7 Å². The summed E-state index contributed by atoms with van der Waals surface area (Å²) in [6, 6.07) is 13.9. The topological polar surface area (TPSA) is 75.3 Å². The number of nitrogens with zero attached hydrogens (tertiary/aromatic N) is 2. The molecule has 0 aliphatic carbocycles. The summed E-state index contributed by atoms with van der Waals surface area (Å²) in [6.45, 7) is 0.947. The number of imidazole rings is 1. The monoisotopic (exact) mass is 420 g/mol. The minimum atomic E-state index is -0.0596. The van der Waals surface area contributed by atoms with Crippen LogP contribution in [0.5, 0.6) is 11.5 Å². The smallest absolute Gasteiger partial charge is 0.161 e. The lowest BCUT2D eigenvalue weighted by molar-refractivity contribution is 0.277. The number of nitrogens with one attached hydrogen (secondary N) is 2. The molecule has 1 unspecified atom stereocenters. The largest absolute Gasteiger partial charge is 0.493 e. The predicted octanol–water partition coefficient (Wildman–Crippen LogP) is 3.09. The van der Waals surface area contributed by atoms with Gasteiger partial charge >= 0.3 is 0 Å². The first kappa shape index (κ1) is 18.8. The number of benzene rings is 2. The number of aromatic nitrogens is 3. The maximum atomic E-state index is 6.25. The van der Waals surface area contributed by atoms with E-state index in [-0.39, 0.29) is 5.38 Å². The molecule has 4 aromatic rings. The number of ether oxygens (including phenoxy) is 2. The van der Waals surface area contributed by atoms with Crippen LogP contribution in [0.2, 0.25) is 0 Å². The van der Waals surface area contributed by atoms with E-state index in [0.717, 1.165) is 45.1 Å². The van der Waals surface area contributed by atoms with E-state index in [4.69, 9.17) is 21.1 Å². The summed E-state index contributed by atoms with van der Waals surface area (Å²) in [5.41, 5.74) is 5.11. The molecule has 152 valence electrons. The third-order valence-electron chi connectivity index (χ3n) is 5.18. The molecule has 6 nitrogen and oxygen atoms in total. The highest BCUT2D eigenvalue weighted by atomic mass is 35.5. The van der Waals surface area contributed by atoms with Gasteiger partial charge in [-0.2, -0.15) is 0 Å². The van der Waals surface area contributed by atoms with Crippen LogP contribution in [-0.4, -0.2) is 34.0 Å². The van der Waals surface area contributed by atoms with Gasteiger partial charge in [-0.25, -0.2) is 4.98 Å². The molecule has 0 bridgehead atoms. The molecule has 2 aromatic carbocycles. The highest BCUT2D eigenvalue weighted by Gasteiger charge is 2.12. The van der Waals surface area contributed by atoms with Crippen molar-refractivity contribution in [2.24, 2.45) is 4.99 Å². The fraction of sp³-hybridized carbons (Fsp3) is 0.217. The first-order chi connectivity index (χ1) is 14.7. The molecule has 30 heavy (non-hydrogen) atoms. The molecular weight excluding hydrogens is 400 g/mol. The Labute approximate surface area is 178 Å². The van der Waals surface area contributed by atoms with Crippen molar-refractivity contribution in [3.05, 3.63) is 76.3 Å². The van der Waals surface area contributed by atoms with Crippen LogP contribution in [-0.2, 0) is 13.0 Å². The number of para-hydroxylation sites is 2. The van der Waals surface area contributed by atoms with Crippen LogP contribution in [0.3, 0.4) is 0 Å². The average molecular weight is 421 g/mol. The van der Waals surface area contributed by atoms with Crippen molar-refractivity contribution in [3.63, 3.8) is 0 Å². The molecule has 2 N–H and O–H groups in total. The zero-order valence-electron chi connectivity index (χ0n) is 16.5. The van der Waals surface area contributed by atoms with Crippen molar-refractivity contribution in [2.45, 2.75) is 18.4 Å². The Morgan fingerprint density at radius 1 is 1.17 bits per heavy atom. The van der Waals surface area contributed by atoms with E-state index >= 15 is 0 Å². The lowest BCUT2D eigenvalue weighted by Gasteiger charge is -2.11. The standard InChI is InChI=1S/C23H21ClN4O2/c1-29-21-9-14(8-15-11-25-23-17(15)10-16(24)12-26-23)6-7-20(21)30-13-22-27-18-4-2-3-5-19(18)28-22/h2-7,9-11,16H,8,12-13H2,1H3,(H,25,26)(H,27,28). The molecular formula is C23H21ClN4O2. The molecule has 5 rings (SSSR count). The van der Waals surface area contributed by atoms with Crippen LogP contribution in [0.15, 0.2) is 53.7 Å². The molecule has 1 aliphatic heterocycles. The van der Waals surface area contributed by atoms with Gasteiger partial charge < -0.3 is 19.4 Å². The number of rotatable bonds is 6. The quantitative estimate of drug-likeness (QED) is 0.471. The second-order valence-electron chi connectivity index (χ2n) is 7.25. The van der Waals surface area contributed by atoms with E-state index in [0.29, 0.717) is 24.7 Å². The lowest BCUT2D eigenvalue weighted by Crippen LogP contribution is -2.32. The van der Waals surface area contributed by atoms with E-state index in [9.17, 15) is 0 Å². The highest BCUT2D eigenvalue weighted by molar-refractivity contribution is 6.24. The van der Waals surface area contributed by atoms with Crippen LogP contribution >= 0.6 is 11.6 Å². The summed E-state index contributed by atoms with van der Waals surface area (Å²) in [5.74, 6) is 2.15. The maximum Gasteiger partial charge on any atom is 0.161 e. The summed E-state index contributed by atoms with van der Waals surface area (Å²) >= 11 is 6.25. The van der Waals surface area contributed by atoms with Gasteiger partial charge in [0.2, 0.25) is 0 Å². The second-order valence-corrected chi connectivity index (χ2v) is 7.81. The molecule has 0 saturated carbocycles. The van der Waals surface area contributed by atoms with Gasteiger partial charge in [-0.05, 0) is 41.8 Å². The Morgan fingerprint density at radius 3 is 2.93 bits per heavy atom. The molecule has 3 heterocycles. The van der Waals surface area contributed by atoms with E-state index in [1.807, 2.05) is 48.7 Å².